The summed E-state index contributed by atoms with van der Waals surface area (Å²) in [7, 11) is 2.99. The quantitative estimate of drug-likeness (QED) is 0.620. The Hall–Kier alpha value is -3.17. The maximum atomic E-state index is 11.9. The molecule has 22 heavy (non-hydrogen) atoms. The second-order valence-electron chi connectivity index (χ2n) is 4.15. The molecule has 0 saturated carbocycles. The number of aromatic nitrogens is 3. The van der Waals surface area contributed by atoms with Crippen LogP contribution >= 0.6 is 0 Å². The van der Waals surface area contributed by atoms with Crippen LogP contribution in [0, 0.1) is 10.1 Å². The van der Waals surface area contributed by atoms with Gasteiger partial charge in [-0.05, 0) is 4.92 Å². The predicted molar refractivity (Wildman–Crippen MR) is 74.9 cm³/mol. The second kappa shape index (κ2) is 6.52. The fourth-order valence-corrected chi connectivity index (χ4v) is 1.67. The first-order valence-electron chi connectivity index (χ1n) is 6.08. The fourth-order valence-electron chi connectivity index (χ4n) is 1.67. The summed E-state index contributed by atoms with van der Waals surface area (Å²) in [4.78, 5) is 25.1. The zero-order valence-corrected chi connectivity index (χ0v) is 11.8. The number of carbonyl (C=O) groups is 1. The third-order valence-corrected chi connectivity index (χ3v) is 2.63. The molecule has 0 atom stereocenters. The van der Waals surface area contributed by atoms with Crippen molar-refractivity contribution in [1.29, 1.82) is 0 Å². The Morgan fingerprint density at radius 3 is 2.45 bits per heavy atom. The predicted octanol–water partition coefficient (Wildman–Crippen LogP) is 0.842. The molecule has 10 heteroatoms. The molecule has 1 aromatic carbocycles. The van der Waals surface area contributed by atoms with E-state index < -0.39 is 16.8 Å². The van der Waals surface area contributed by atoms with Crippen molar-refractivity contribution < 1.29 is 19.2 Å². The normalized spacial score (nSPS) is 10.1. The molecule has 1 heterocycles. The van der Waals surface area contributed by atoms with Crippen molar-refractivity contribution in [3.63, 3.8) is 0 Å². The molecule has 116 valence electrons. The Labute approximate surface area is 124 Å². The minimum Gasteiger partial charge on any atom is -0.497 e. The van der Waals surface area contributed by atoms with Crippen molar-refractivity contribution in [3.8, 4) is 11.5 Å². The molecule has 0 fully saturated rings. The average Bonchev–Trinajstić information content (AvgIpc) is 2.95. The van der Waals surface area contributed by atoms with Crippen molar-refractivity contribution in [2.75, 3.05) is 19.5 Å². The zero-order valence-electron chi connectivity index (χ0n) is 11.8. The van der Waals surface area contributed by atoms with E-state index in [-0.39, 0.29) is 6.54 Å². The lowest BCUT2D eigenvalue weighted by Crippen LogP contribution is -2.19. The summed E-state index contributed by atoms with van der Waals surface area (Å²) < 4.78 is 11.3. The third kappa shape index (κ3) is 3.69. The highest BCUT2D eigenvalue weighted by atomic mass is 16.6. The van der Waals surface area contributed by atoms with E-state index in [2.05, 4.69) is 15.4 Å². The molecule has 0 aliphatic heterocycles. The largest absolute Gasteiger partial charge is 0.497 e. The van der Waals surface area contributed by atoms with Crippen LogP contribution in [-0.4, -0.2) is 39.8 Å². The number of hydrogen-bond donors (Lipinski definition) is 1. The highest BCUT2D eigenvalue weighted by Gasteiger charge is 2.15. The van der Waals surface area contributed by atoms with Crippen LogP contribution in [0.15, 0.2) is 24.5 Å². The number of hydrogen-bond acceptors (Lipinski definition) is 7. The topological polar surface area (TPSA) is 121 Å². The molecular weight excluding hydrogens is 294 g/mol. The minimum atomic E-state index is -0.735. The fraction of sp³-hybridized carbons (Fsp3) is 0.250. The molecule has 0 saturated heterocycles. The number of benzene rings is 1. The Balaban J connectivity index is 2.06. The number of methoxy groups -OCH3 is 2. The van der Waals surface area contributed by atoms with E-state index in [0.29, 0.717) is 17.2 Å². The van der Waals surface area contributed by atoms with Gasteiger partial charge < -0.3 is 24.9 Å². The van der Waals surface area contributed by atoms with Gasteiger partial charge >= 0.3 is 5.95 Å². The second-order valence-corrected chi connectivity index (χ2v) is 4.15. The van der Waals surface area contributed by atoms with E-state index in [1.807, 2.05) is 0 Å². The van der Waals surface area contributed by atoms with Gasteiger partial charge in [0, 0.05) is 29.0 Å². The number of nitrogens with one attached hydrogen (secondary N) is 1. The monoisotopic (exact) mass is 307 g/mol. The molecular formula is C12H13N5O5. The van der Waals surface area contributed by atoms with Gasteiger partial charge in [-0.3, -0.25) is 4.79 Å². The molecule has 10 nitrogen and oxygen atoms in total. The molecule has 1 aromatic heterocycles. The van der Waals surface area contributed by atoms with Crippen LogP contribution in [-0.2, 0) is 11.3 Å². The Morgan fingerprint density at radius 2 is 1.95 bits per heavy atom. The van der Waals surface area contributed by atoms with Crippen LogP contribution in [0.4, 0.5) is 11.6 Å². The van der Waals surface area contributed by atoms with Gasteiger partial charge in [0.05, 0.1) is 14.2 Å². The molecule has 0 radical (unpaired) electrons. The number of nitro groups is 1. The van der Waals surface area contributed by atoms with E-state index in [4.69, 9.17) is 9.47 Å². The first-order valence-corrected chi connectivity index (χ1v) is 6.08. The lowest BCUT2D eigenvalue weighted by atomic mass is 10.2. The van der Waals surface area contributed by atoms with Gasteiger partial charge in [-0.15, -0.1) is 0 Å². The summed E-state index contributed by atoms with van der Waals surface area (Å²) in [6, 6.07) is 4.89. The number of nitrogens with zero attached hydrogens (tertiary/aromatic N) is 4. The minimum absolute atomic E-state index is 0.208. The van der Waals surface area contributed by atoms with Crippen LogP contribution in [0.25, 0.3) is 0 Å². The zero-order chi connectivity index (χ0) is 16.1. The van der Waals surface area contributed by atoms with E-state index in [1.165, 1.54) is 14.2 Å². The average molecular weight is 307 g/mol. The van der Waals surface area contributed by atoms with E-state index >= 15 is 0 Å². The maximum absolute atomic E-state index is 11.9. The molecule has 0 spiro atoms. The van der Waals surface area contributed by atoms with E-state index in [0.717, 1.165) is 11.0 Å². The van der Waals surface area contributed by atoms with Crippen molar-refractivity contribution >= 4 is 17.5 Å². The van der Waals surface area contributed by atoms with E-state index in [1.54, 1.807) is 18.2 Å². The Kier molecular flexibility index (Phi) is 4.51. The highest BCUT2D eigenvalue weighted by molar-refractivity contribution is 5.91. The number of anilines is 1. The number of amides is 1. The molecule has 0 aliphatic carbocycles. The Morgan fingerprint density at radius 1 is 1.32 bits per heavy atom. The third-order valence-electron chi connectivity index (χ3n) is 2.63. The van der Waals surface area contributed by atoms with Gasteiger partial charge in [-0.25, -0.2) is 0 Å². The summed E-state index contributed by atoms with van der Waals surface area (Å²) >= 11 is 0. The first-order chi connectivity index (χ1) is 10.5. The van der Waals surface area contributed by atoms with E-state index in [9.17, 15) is 14.9 Å². The standard InChI is InChI=1S/C12H13N5O5/c1-21-9-3-8(4-10(5-9)22-2)14-11(18)6-16-7-13-12(15-16)17(19)20/h3-5,7H,6H2,1-2H3,(H,14,18). The van der Waals surface area contributed by atoms with Crippen molar-refractivity contribution in [1.82, 2.24) is 14.8 Å². The molecule has 2 aromatic rings. The van der Waals surface area contributed by atoms with Crippen LogP contribution in [0.3, 0.4) is 0 Å². The van der Waals surface area contributed by atoms with Gasteiger partial charge in [0.15, 0.2) is 0 Å². The van der Waals surface area contributed by atoms with Crippen molar-refractivity contribution in [2.24, 2.45) is 0 Å². The molecule has 0 bridgehead atoms. The smallest absolute Gasteiger partial charge is 0.490 e. The molecule has 0 aliphatic rings. The van der Waals surface area contributed by atoms with Crippen molar-refractivity contribution in [2.45, 2.75) is 6.54 Å². The van der Waals surface area contributed by atoms with Crippen LogP contribution in [0.5, 0.6) is 11.5 Å². The van der Waals surface area contributed by atoms with Crippen LogP contribution in [0.1, 0.15) is 0 Å². The first kappa shape index (κ1) is 15.2. The van der Waals surface area contributed by atoms with Crippen molar-refractivity contribution in [3.05, 3.63) is 34.6 Å². The lowest BCUT2D eigenvalue weighted by molar-refractivity contribution is -0.394. The molecule has 1 N–H and O–H groups in total. The highest BCUT2D eigenvalue weighted by Crippen LogP contribution is 2.25. The number of rotatable bonds is 6. The Bertz CT molecular complexity index is 677. The van der Waals surface area contributed by atoms with Gasteiger partial charge in [-0.2, -0.15) is 4.68 Å². The molecule has 0 unspecified atom stereocenters. The number of ether oxygens (including phenoxy) is 2. The summed E-state index contributed by atoms with van der Waals surface area (Å²) in [5.74, 6) is 0.0584. The summed E-state index contributed by atoms with van der Waals surface area (Å²) in [6.07, 6.45) is 1.11. The summed E-state index contributed by atoms with van der Waals surface area (Å²) in [5, 5.41) is 16.6. The molecule has 2 rings (SSSR count). The summed E-state index contributed by atoms with van der Waals surface area (Å²) in [5.41, 5.74) is 0.468. The van der Waals surface area contributed by atoms with Gasteiger partial charge in [0.25, 0.3) is 0 Å². The maximum Gasteiger partial charge on any atom is 0.490 e. The van der Waals surface area contributed by atoms with Gasteiger partial charge in [0.1, 0.15) is 18.0 Å². The van der Waals surface area contributed by atoms with Gasteiger partial charge in [-0.1, -0.05) is 4.98 Å². The SMILES string of the molecule is COc1cc(NC(=O)Cn2cnc([N+](=O)[O-])n2)cc(OC)c1. The lowest BCUT2D eigenvalue weighted by Gasteiger charge is -2.09. The number of carbonyl (C=O) groups excluding carboxylic acids is 1. The molecule has 1 amide bonds. The summed E-state index contributed by atoms with van der Waals surface area (Å²) in [6.45, 7) is -0.208. The van der Waals surface area contributed by atoms with Gasteiger partial charge in [0.2, 0.25) is 12.2 Å². The van der Waals surface area contributed by atoms with Crippen LogP contribution < -0.4 is 14.8 Å². The van der Waals surface area contributed by atoms with Crippen LogP contribution in [0.2, 0.25) is 0 Å².